The Hall–Kier alpha value is -3.39. The summed E-state index contributed by atoms with van der Waals surface area (Å²) in [4.78, 5) is 36.3. The van der Waals surface area contributed by atoms with Gasteiger partial charge in [0.1, 0.15) is 18.7 Å². The van der Waals surface area contributed by atoms with Crippen molar-refractivity contribution in [3.63, 3.8) is 0 Å². The summed E-state index contributed by atoms with van der Waals surface area (Å²) in [6, 6.07) is 13.5. The molecule has 1 aliphatic carbocycles. The van der Waals surface area contributed by atoms with Crippen LogP contribution in [0.25, 0.3) is 11.1 Å². The fourth-order valence-electron chi connectivity index (χ4n) is 3.92. The van der Waals surface area contributed by atoms with Crippen molar-refractivity contribution in [1.29, 1.82) is 0 Å². The van der Waals surface area contributed by atoms with Gasteiger partial charge in [-0.1, -0.05) is 68.8 Å². The first-order chi connectivity index (χ1) is 15.4. The van der Waals surface area contributed by atoms with Crippen LogP contribution in [-0.4, -0.2) is 53.5 Å². The van der Waals surface area contributed by atoms with Crippen LogP contribution in [0.1, 0.15) is 37.3 Å². The summed E-state index contributed by atoms with van der Waals surface area (Å²) >= 11 is 0. The maximum Gasteiger partial charge on any atom is 0.407 e. The van der Waals surface area contributed by atoms with E-state index in [9.17, 15) is 14.4 Å². The molecule has 0 aliphatic heterocycles. The molecule has 3 rings (SSSR count). The third kappa shape index (κ3) is 4.91. The number of benzene rings is 2. The molecule has 0 aromatic heterocycles. The molecular weight excluding hydrogens is 412 g/mol. The Morgan fingerprint density at radius 1 is 1.00 bits per heavy atom. The average molecular weight is 440 g/mol. The van der Waals surface area contributed by atoms with E-state index in [1.807, 2.05) is 55.5 Å². The summed E-state index contributed by atoms with van der Waals surface area (Å²) in [6.45, 7) is 2.97. The number of carboxylic acid groups (broad SMARTS) is 1. The minimum atomic E-state index is -1.45. The molecule has 1 aliphatic rings. The summed E-state index contributed by atoms with van der Waals surface area (Å²) in [7, 11) is 0. The Bertz CT molecular complexity index is 946. The van der Waals surface area contributed by atoms with Gasteiger partial charge in [0.15, 0.2) is 0 Å². The number of carbonyl (C=O) groups excluding carboxylic acids is 2. The molecule has 0 fully saturated rings. The van der Waals surface area contributed by atoms with Crippen molar-refractivity contribution in [2.75, 3.05) is 13.2 Å². The van der Waals surface area contributed by atoms with E-state index < -0.39 is 36.7 Å². The molecule has 8 heteroatoms. The van der Waals surface area contributed by atoms with Crippen molar-refractivity contribution in [2.24, 2.45) is 5.92 Å². The van der Waals surface area contributed by atoms with Gasteiger partial charge < -0.3 is 25.6 Å². The van der Waals surface area contributed by atoms with E-state index in [2.05, 4.69) is 10.6 Å². The van der Waals surface area contributed by atoms with Crippen molar-refractivity contribution in [1.82, 2.24) is 10.6 Å². The van der Waals surface area contributed by atoms with Crippen molar-refractivity contribution in [3.05, 3.63) is 59.7 Å². The monoisotopic (exact) mass is 440 g/mol. The van der Waals surface area contributed by atoms with Gasteiger partial charge in [-0.2, -0.15) is 0 Å². The molecule has 8 nitrogen and oxygen atoms in total. The van der Waals surface area contributed by atoms with Gasteiger partial charge in [0.05, 0.1) is 6.61 Å². The highest BCUT2D eigenvalue weighted by Crippen LogP contribution is 2.44. The summed E-state index contributed by atoms with van der Waals surface area (Å²) < 4.78 is 5.50. The lowest BCUT2D eigenvalue weighted by Gasteiger charge is -2.25. The lowest BCUT2D eigenvalue weighted by Crippen LogP contribution is -2.55. The van der Waals surface area contributed by atoms with Crippen molar-refractivity contribution >= 4 is 18.0 Å². The molecule has 32 heavy (non-hydrogen) atoms. The number of fused-ring (bicyclic) bond motifs is 3. The fraction of sp³-hybridized carbons (Fsp3) is 0.375. The number of carboxylic acids is 1. The molecule has 0 radical (unpaired) electrons. The number of hydrogen-bond donors (Lipinski definition) is 4. The van der Waals surface area contributed by atoms with Gasteiger partial charge in [-0.25, -0.2) is 9.59 Å². The standard InChI is InChI=1S/C24H28N2O6/c1-3-14(2)21(22(28)25-20(12-27)23(29)30)26-24(31)32-13-19-17-10-6-4-8-15(17)16-9-5-7-11-18(16)19/h4-11,14,19-21,27H,3,12-13H2,1-2H3,(H,25,28)(H,26,31)(H,29,30)/t14-,20+,21-/m0/s1. The van der Waals surface area contributed by atoms with Gasteiger partial charge in [-0.3, -0.25) is 4.79 Å². The summed E-state index contributed by atoms with van der Waals surface area (Å²) in [5.41, 5.74) is 4.37. The number of aliphatic hydroxyl groups is 1. The molecule has 0 spiro atoms. The maximum atomic E-state index is 12.6. The zero-order valence-electron chi connectivity index (χ0n) is 18.1. The number of aliphatic carboxylic acids is 1. The molecule has 170 valence electrons. The van der Waals surface area contributed by atoms with Gasteiger partial charge in [0.2, 0.25) is 5.91 Å². The van der Waals surface area contributed by atoms with E-state index in [0.29, 0.717) is 6.42 Å². The molecule has 2 aromatic carbocycles. The molecule has 0 bridgehead atoms. The Labute approximate surface area is 186 Å². The van der Waals surface area contributed by atoms with E-state index in [-0.39, 0.29) is 18.4 Å². The van der Waals surface area contributed by atoms with Crippen LogP contribution in [0.2, 0.25) is 0 Å². The minimum absolute atomic E-state index is 0.100. The number of ether oxygens (including phenoxy) is 1. The Balaban J connectivity index is 1.68. The Morgan fingerprint density at radius 3 is 2.06 bits per heavy atom. The molecule has 0 saturated carbocycles. The van der Waals surface area contributed by atoms with Crippen LogP contribution in [0.15, 0.2) is 48.5 Å². The highest BCUT2D eigenvalue weighted by atomic mass is 16.5. The number of aliphatic hydroxyl groups excluding tert-OH is 1. The number of amides is 2. The minimum Gasteiger partial charge on any atom is -0.480 e. The quantitative estimate of drug-likeness (QED) is 0.475. The second-order valence-corrected chi connectivity index (χ2v) is 7.92. The SMILES string of the molecule is CC[C@H](C)[C@H](NC(=O)OCC1c2ccccc2-c2ccccc21)C(=O)N[C@H](CO)C(=O)O. The average Bonchev–Trinajstić information content (AvgIpc) is 3.12. The molecule has 0 saturated heterocycles. The number of nitrogens with one attached hydrogen (secondary N) is 2. The molecule has 0 heterocycles. The van der Waals surface area contributed by atoms with Gasteiger partial charge in [0, 0.05) is 5.92 Å². The molecule has 4 N–H and O–H groups in total. The maximum absolute atomic E-state index is 12.6. The molecule has 2 amide bonds. The van der Waals surface area contributed by atoms with Gasteiger partial charge >= 0.3 is 12.1 Å². The second-order valence-electron chi connectivity index (χ2n) is 7.92. The predicted octanol–water partition coefficient (Wildman–Crippen LogP) is 2.50. The molecule has 2 aromatic rings. The summed E-state index contributed by atoms with van der Waals surface area (Å²) in [6.07, 6.45) is -0.193. The normalized spacial score (nSPS) is 15.1. The number of hydrogen-bond acceptors (Lipinski definition) is 5. The topological polar surface area (TPSA) is 125 Å². The largest absolute Gasteiger partial charge is 0.480 e. The molecule has 0 unspecified atom stereocenters. The van der Waals surface area contributed by atoms with E-state index in [1.165, 1.54) is 0 Å². The second kappa shape index (κ2) is 10.3. The van der Waals surface area contributed by atoms with Crippen molar-refractivity contribution in [3.8, 4) is 11.1 Å². The fourth-order valence-corrected chi connectivity index (χ4v) is 3.92. The van der Waals surface area contributed by atoms with Crippen LogP contribution < -0.4 is 10.6 Å². The van der Waals surface area contributed by atoms with Crippen LogP contribution >= 0.6 is 0 Å². The smallest absolute Gasteiger partial charge is 0.407 e. The third-order valence-corrected chi connectivity index (χ3v) is 5.91. The van der Waals surface area contributed by atoms with E-state index >= 15 is 0 Å². The zero-order chi connectivity index (χ0) is 23.3. The highest BCUT2D eigenvalue weighted by Gasteiger charge is 2.32. The highest BCUT2D eigenvalue weighted by molar-refractivity contribution is 5.89. The summed E-state index contributed by atoms with van der Waals surface area (Å²) in [5, 5.41) is 23.0. The van der Waals surface area contributed by atoms with E-state index in [0.717, 1.165) is 22.3 Å². The van der Waals surface area contributed by atoms with Gasteiger partial charge in [-0.05, 0) is 28.2 Å². The lowest BCUT2D eigenvalue weighted by atomic mass is 9.98. The number of alkyl carbamates (subject to hydrolysis) is 1. The third-order valence-electron chi connectivity index (χ3n) is 5.91. The van der Waals surface area contributed by atoms with E-state index in [4.69, 9.17) is 14.9 Å². The molecule has 3 atom stereocenters. The van der Waals surface area contributed by atoms with Crippen LogP contribution in [0.5, 0.6) is 0 Å². The van der Waals surface area contributed by atoms with Crippen molar-refractivity contribution < 1.29 is 29.3 Å². The Kier molecular flexibility index (Phi) is 7.48. The lowest BCUT2D eigenvalue weighted by molar-refractivity contribution is -0.143. The number of carbonyl (C=O) groups is 3. The van der Waals surface area contributed by atoms with Crippen LogP contribution in [0.3, 0.4) is 0 Å². The number of rotatable bonds is 9. The van der Waals surface area contributed by atoms with Gasteiger partial charge in [0.25, 0.3) is 0 Å². The van der Waals surface area contributed by atoms with Crippen LogP contribution in [-0.2, 0) is 14.3 Å². The molecular formula is C24H28N2O6. The Morgan fingerprint density at radius 2 is 1.56 bits per heavy atom. The van der Waals surface area contributed by atoms with Gasteiger partial charge in [-0.15, -0.1) is 0 Å². The predicted molar refractivity (Wildman–Crippen MR) is 118 cm³/mol. The van der Waals surface area contributed by atoms with Crippen LogP contribution in [0, 0.1) is 5.92 Å². The van der Waals surface area contributed by atoms with Crippen molar-refractivity contribution in [2.45, 2.75) is 38.3 Å². The summed E-state index contributed by atoms with van der Waals surface area (Å²) in [5.74, 6) is -2.43. The first-order valence-corrected chi connectivity index (χ1v) is 10.6. The van der Waals surface area contributed by atoms with E-state index in [1.54, 1.807) is 6.92 Å². The first kappa shape index (κ1) is 23.3. The zero-order valence-corrected chi connectivity index (χ0v) is 18.1. The van der Waals surface area contributed by atoms with Crippen LogP contribution in [0.4, 0.5) is 4.79 Å². The first-order valence-electron chi connectivity index (χ1n) is 10.6.